The Hall–Kier alpha value is -1.28. The zero-order valence-electron chi connectivity index (χ0n) is 23.9. The van der Waals surface area contributed by atoms with Crippen LogP contribution in [-0.2, 0) is 6.42 Å². The number of unbranched alkanes of at least 4 members (excludes halogenated alkanes) is 15. The summed E-state index contributed by atoms with van der Waals surface area (Å²) in [6.07, 6.45) is 21.6. The first-order chi connectivity index (χ1) is 19.1. The van der Waals surface area contributed by atoms with Crippen LogP contribution in [-0.4, -0.2) is 11.8 Å². The van der Waals surface area contributed by atoms with Crippen molar-refractivity contribution in [3.8, 4) is 9.75 Å². The van der Waals surface area contributed by atoms with Gasteiger partial charge < -0.3 is 0 Å². The molecule has 0 amide bonds. The third kappa shape index (κ3) is 8.17. The lowest BCUT2D eigenvalue weighted by Gasteiger charge is -2.24. The van der Waals surface area contributed by atoms with Crippen molar-refractivity contribution in [3.63, 3.8) is 0 Å². The molecule has 1 aliphatic rings. The van der Waals surface area contributed by atoms with E-state index in [4.69, 9.17) is 0 Å². The topological polar surface area (TPSA) is 0 Å². The van der Waals surface area contributed by atoms with Crippen LogP contribution in [0.4, 0.5) is 26.3 Å². The van der Waals surface area contributed by atoms with Gasteiger partial charge in [0, 0.05) is 14.6 Å². The number of halogens is 6. The third-order valence-corrected chi connectivity index (χ3v) is 10.3. The Morgan fingerprint density at radius 2 is 1.25 bits per heavy atom. The number of hydrogen-bond donors (Lipinski definition) is 0. The highest BCUT2D eigenvalue weighted by atomic mass is 32.1. The Morgan fingerprint density at radius 1 is 0.750 bits per heavy atom. The molecule has 226 valence electrons. The minimum Gasteiger partial charge on any atom is -0.208 e. The summed E-state index contributed by atoms with van der Waals surface area (Å²) in [6, 6.07) is 3.34. The summed E-state index contributed by atoms with van der Waals surface area (Å²) >= 11 is 2.61. The van der Waals surface area contributed by atoms with Gasteiger partial charge in [0.05, 0.1) is 0 Å². The lowest BCUT2D eigenvalue weighted by atomic mass is 9.93. The van der Waals surface area contributed by atoms with Crippen LogP contribution in [0.2, 0.25) is 0 Å². The van der Waals surface area contributed by atoms with Crippen molar-refractivity contribution in [1.82, 2.24) is 0 Å². The molecule has 2 aromatic heterocycles. The van der Waals surface area contributed by atoms with E-state index in [0.717, 1.165) is 41.0 Å². The molecule has 0 saturated carbocycles. The van der Waals surface area contributed by atoms with Crippen LogP contribution in [0.15, 0.2) is 29.2 Å². The Bertz CT molecular complexity index is 1070. The second kappa shape index (κ2) is 15.8. The average Bonchev–Trinajstić information content (AvgIpc) is 3.56. The second-order valence-corrected chi connectivity index (χ2v) is 13.4. The van der Waals surface area contributed by atoms with E-state index in [1.54, 1.807) is 0 Å². The highest BCUT2D eigenvalue weighted by Gasteiger charge is 2.72. The van der Waals surface area contributed by atoms with Gasteiger partial charge in [-0.15, -0.1) is 22.7 Å². The van der Waals surface area contributed by atoms with Crippen molar-refractivity contribution in [2.75, 3.05) is 0 Å². The number of allylic oxidation sites excluding steroid dienone is 2. The molecular formula is C32H44F6S2. The second-order valence-electron chi connectivity index (χ2n) is 11.2. The molecule has 0 radical (unpaired) electrons. The molecule has 0 aliphatic heterocycles. The standard InChI is InChI=1S/C32H44F6S2/c1-3-4-5-6-7-8-9-10-11-12-13-14-15-16-17-18-19-24-20-21-39-29(24)26-22-25(23(2)40-26)27-28(33)30(34)32(37,38)31(27,35)36/h20-22,27H,3-19H2,1-2H3. The van der Waals surface area contributed by atoms with E-state index in [-0.39, 0.29) is 5.56 Å². The molecular weight excluding hydrogens is 562 g/mol. The number of hydrogen-bond acceptors (Lipinski definition) is 2. The van der Waals surface area contributed by atoms with Gasteiger partial charge in [-0.1, -0.05) is 103 Å². The summed E-state index contributed by atoms with van der Waals surface area (Å²) in [6.45, 7) is 3.74. The van der Waals surface area contributed by atoms with Crippen molar-refractivity contribution >= 4 is 22.7 Å². The van der Waals surface area contributed by atoms with Gasteiger partial charge in [0.15, 0.2) is 5.83 Å². The van der Waals surface area contributed by atoms with E-state index in [2.05, 4.69) is 6.92 Å². The fourth-order valence-electron chi connectivity index (χ4n) is 5.60. The maximum absolute atomic E-state index is 14.4. The molecule has 3 rings (SSSR count). The Balaban J connectivity index is 1.36. The molecule has 1 aliphatic carbocycles. The molecule has 0 bridgehead atoms. The lowest BCUT2D eigenvalue weighted by Crippen LogP contribution is -2.40. The minimum absolute atomic E-state index is 0.267. The molecule has 0 N–H and O–H groups in total. The summed E-state index contributed by atoms with van der Waals surface area (Å²) in [5.41, 5.74) is 0.811. The van der Waals surface area contributed by atoms with E-state index in [1.165, 1.54) is 114 Å². The van der Waals surface area contributed by atoms with Gasteiger partial charge >= 0.3 is 11.8 Å². The van der Waals surface area contributed by atoms with E-state index in [0.29, 0.717) is 9.75 Å². The molecule has 40 heavy (non-hydrogen) atoms. The summed E-state index contributed by atoms with van der Waals surface area (Å²) in [7, 11) is 0. The zero-order valence-corrected chi connectivity index (χ0v) is 25.5. The average molecular weight is 607 g/mol. The monoisotopic (exact) mass is 606 g/mol. The van der Waals surface area contributed by atoms with E-state index < -0.39 is 29.4 Å². The molecule has 0 fully saturated rings. The van der Waals surface area contributed by atoms with Crippen molar-refractivity contribution < 1.29 is 26.3 Å². The van der Waals surface area contributed by atoms with Gasteiger partial charge in [-0.3, -0.25) is 0 Å². The lowest BCUT2D eigenvalue weighted by molar-refractivity contribution is -0.189. The molecule has 2 aromatic rings. The van der Waals surface area contributed by atoms with Gasteiger partial charge in [-0.25, -0.2) is 8.78 Å². The number of aryl methyl sites for hydroxylation is 2. The Kier molecular flexibility index (Phi) is 13.1. The summed E-state index contributed by atoms with van der Waals surface area (Å²) < 4.78 is 84.2. The smallest absolute Gasteiger partial charge is 0.208 e. The first kappa shape index (κ1) is 33.2. The summed E-state index contributed by atoms with van der Waals surface area (Å²) in [4.78, 5) is 1.81. The Morgan fingerprint density at radius 3 is 1.73 bits per heavy atom. The van der Waals surface area contributed by atoms with Crippen LogP contribution >= 0.6 is 22.7 Å². The van der Waals surface area contributed by atoms with Crippen LogP contribution in [0.3, 0.4) is 0 Å². The van der Waals surface area contributed by atoms with E-state index >= 15 is 0 Å². The summed E-state index contributed by atoms with van der Waals surface area (Å²) in [5, 5.41) is 1.92. The molecule has 0 nitrogen and oxygen atoms in total. The normalized spacial score (nSPS) is 18.2. The molecule has 2 heterocycles. The molecule has 1 atom stereocenters. The van der Waals surface area contributed by atoms with Crippen molar-refractivity contribution in [2.24, 2.45) is 0 Å². The quantitative estimate of drug-likeness (QED) is 0.110. The van der Waals surface area contributed by atoms with Crippen LogP contribution in [0.5, 0.6) is 0 Å². The van der Waals surface area contributed by atoms with Crippen molar-refractivity contribution in [2.45, 2.75) is 141 Å². The Labute approximate surface area is 244 Å². The van der Waals surface area contributed by atoms with Crippen molar-refractivity contribution in [3.05, 3.63) is 45.2 Å². The summed E-state index contributed by atoms with van der Waals surface area (Å²) in [5.74, 6) is -17.3. The first-order valence-corrected chi connectivity index (χ1v) is 16.8. The predicted molar refractivity (Wildman–Crippen MR) is 157 cm³/mol. The number of alkyl halides is 4. The highest BCUT2D eigenvalue weighted by molar-refractivity contribution is 7.21. The number of thiophene rings is 2. The van der Waals surface area contributed by atoms with Gasteiger partial charge in [0.25, 0.3) is 0 Å². The van der Waals surface area contributed by atoms with Crippen LogP contribution in [0.1, 0.15) is 132 Å². The van der Waals surface area contributed by atoms with E-state index in [9.17, 15) is 26.3 Å². The molecule has 1 unspecified atom stereocenters. The van der Waals surface area contributed by atoms with E-state index in [1.807, 2.05) is 11.4 Å². The zero-order chi connectivity index (χ0) is 29.2. The third-order valence-electron chi connectivity index (χ3n) is 8.06. The minimum atomic E-state index is -5.14. The molecule has 0 spiro atoms. The van der Waals surface area contributed by atoms with Gasteiger partial charge in [-0.05, 0) is 48.4 Å². The SMILES string of the molecule is CCCCCCCCCCCCCCCCCCc1ccsc1-c1cc(C2C(F)=C(F)C(F)(F)C2(F)F)c(C)s1. The fourth-order valence-corrected chi connectivity index (χ4v) is 7.77. The predicted octanol–water partition coefficient (Wildman–Crippen LogP) is 13.1. The highest BCUT2D eigenvalue weighted by Crippen LogP contribution is 2.60. The van der Waals surface area contributed by atoms with Gasteiger partial charge in [-0.2, -0.15) is 17.6 Å². The van der Waals surface area contributed by atoms with Crippen LogP contribution < -0.4 is 0 Å². The van der Waals surface area contributed by atoms with Crippen molar-refractivity contribution in [1.29, 1.82) is 0 Å². The first-order valence-electron chi connectivity index (χ1n) is 15.1. The number of rotatable bonds is 19. The molecule has 0 aromatic carbocycles. The molecule has 8 heteroatoms. The fraction of sp³-hybridized carbons (Fsp3) is 0.688. The maximum Gasteiger partial charge on any atom is 0.364 e. The largest absolute Gasteiger partial charge is 0.364 e. The molecule has 0 saturated heterocycles. The van der Waals surface area contributed by atoms with Gasteiger partial charge in [0.2, 0.25) is 5.83 Å². The van der Waals surface area contributed by atoms with Crippen LogP contribution in [0.25, 0.3) is 9.75 Å². The van der Waals surface area contributed by atoms with Gasteiger partial charge in [0.1, 0.15) is 5.92 Å². The van der Waals surface area contributed by atoms with Crippen LogP contribution in [0, 0.1) is 6.92 Å². The maximum atomic E-state index is 14.4.